The van der Waals surface area contributed by atoms with Crippen LogP contribution in [0.5, 0.6) is 0 Å². The van der Waals surface area contributed by atoms with Crippen LogP contribution in [0.4, 0.5) is 20.2 Å². The van der Waals surface area contributed by atoms with Gasteiger partial charge in [-0.15, -0.1) is 0 Å². The van der Waals surface area contributed by atoms with Crippen molar-refractivity contribution in [3.8, 4) is 11.1 Å². The molecule has 4 nitrogen and oxygen atoms in total. The van der Waals surface area contributed by atoms with E-state index in [2.05, 4.69) is 29.3 Å². The average molecular weight is 581 g/mol. The van der Waals surface area contributed by atoms with Crippen LogP contribution in [0.15, 0.2) is 103 Å². The Kier molecular flexibility index (Phi) is 9.34. The second-order valence-corrected chi connectivity index (χ2v) is 11.4. The Bertz CT molecular complexity index is 1520. The Balaban J connectivity index is 1.23. The number of nitrogens with one attached hydrogen (secondary N) is 1. The van der Waals surface area contributed by atoms with Crippen molar-refractivity contribution >= 4 is 23.1 Å². The molecule has 1 fully saturated rings. The number of hydrogen-bond acceptors (Lipinski definition) is 3. The Hall–Kier alpha value is -4.32. The first-order valence-electron chi connectivity index (χ1n) is 15.1. The standard InChI is InChI=1S/C37H38F2N2O2/c1-3-9-34(42)35(27-10-5-4-6-11-27)28-22-24-41(25-23-28)31-20-18-30(19-21-31)40-36(43)33-13-8-7-12-32(33)26-14-16-29(17-15-26)37(2,38)39/h4-8,10-21,28,35H,3,9,22-25H2,1-2H3,(H,40,43). The zero-order chi connectivity index (χ0) is 30.4. The van der Waals surface area contributed by atoms with Crippen molar-refractivity contribution in [1.82, 2.24) is 0 Å². The number of carbonyl (C=O) groups is 2. The summed E-state index contributed by atoms with van der Waals surface area (Å²) in [6, 6.07) is 31.2. The van der Waals surface area contributed by atoms with Crippen LogP contribution in [0.3, 0.4) is 0 Å². The van der Waals surface area contributed by atoms with E-state index in [9.17, 15) is 18.4 Å². The molecule has 1 saturated heterocycles. The number of piperidine rings is 1. The van der Waals surface area contributed by atoms with Crippen LogP contribution in [0.25, 0.3) is 11.1 Å². The average Bonchev–Trinajstić information content (AvgIpc) is 3.02. The molecule has 1 aliphatic rings. The summed E-state index contributed by atoms with van der Waals surface area (Å²) in [6.07, 6.45) is 3.37. The number of nitrogens with zero attached hydrogens (tertiary/aromatic N) is 1. The third-order valence-electron chi connectivity index (χ3n) is 8.38. The highest BCUT2D eigenvalue weighted by atomic mass is 19.3. The molecule has 0 saturated carbocycles. The highest BCUT2D eigenvalue weighted by molar-refractivity contribution is 6.08. The van der Waals surface area contributed by atoms with Gasteiger partial charge in [0, 0.05) is 54.9 Å². The van der Waals surface area contributed by atoms with Gasteiger partial charge in [0.25, 0.3) is 11.8 Å². The molecule has 1 amide bonds. The predicted octanol–water partition coefficient (Wildman–Crippen LogP) is 9.09. The largest absolute Gasteiger partial charge is 0.372 e. The van der Waals surface area contributed by atoms with E-state index in [1.54, 1.807) is 24.3 Å². The number of hydrogen-bond donors (Lipinski definition) is 1. The number of anilines is 2. The lowest BCUT2D eigenvalue weighted by molar-refractivity contribution is -0.121. The lowest BCUT2D eigenvalue weighted by Crippen LogP contribution is -2.37. The predicted molar refractivity (Wildman–Crippen MR) is 170 cm³/mol. The fourth-order valence-corrected chi connectivity index (χ4v) is 6.10. The molecule has 1 unspecified atom stereocenters. The summed E-state index contributed by atoms with van der Waals surface area (Å²) in [7, 11) is 0. The smallest absolute Gasteiger partial charge is 0.270 e. The number of amides is 1. The third-order valence-corrected chi connectivity index (χ3v) is 8.38. The highest BCUT2D eigenvalue weighted by Crippen LogP contribution is 2.36. The molecule has 0 bridgehead atoms. The summed E-state index contributed by atoms with van der Waals surface area (Å²) in [5, 5.41) is 2.98. The van der Waals surface area contributed by atoms with Gasteiger partial charge in [0.2, 0.25) is 0 Å². The minimum atomic E-state index is -2.92. The van der Waals surface area contributed by atoms with Crippen LogP contribution >= 0.6 is 0 Å². The summed E-state index contributed by atoms with van der Waals surface area (Å²) in [5.41, 5.74) is 4.66. The SMILES string of the molecule is CCCC(=O)C(c1ccccc1)C1CCN(c2ccc(NC(=O)c3ccccc3-c3ccc(C(C)(F)F)cc3)cc2)CC1. The maximum atomic E-state index is 13.7. The minimum Gasteiger partial charge on any atom is -0.372 e. The van der Waals surface area contributed by atoms with E-state index in [-0.39, 0.29) is 17.4 Å². The lowest BCUT2D eigenvalue weighted by Gasteiger charge is -2.37. The maximum absolute atomic E-state index is 13.7. The van der Waals surface area contributed by atoms with Crippen molar-refractivity contribution in [3.05, 3.63) is 120 Å². The van der Waals surface area contributed by atoms with E-state index >= 15 is 0 Å². The molecule has 1 N–H and O–H groups in total. The van der Waals surface area contributed by atoms with Crippen molar-refractivity contribution in [2.75, 3.05) is 23.3 Å². The molecule has 0 radical (unpaired) electrons. The maximum Gasteiger partial charge on any atom is 0.270 e. The first kappa shape index (κ1) is 30.1. The van der Waals surface area contributed by atoms with Gasteiger partial charge in [-0.3, -0.25) is 9.59 Å². The van der Waals surface area contributed by atoms with E-state index in [0.29, 0.717) is 40.5 Å². The van der Waals surface area contributed by atoms with E-state index in [4.69, 9.17) is 0 Å². The Morgan fingerprint density at radius 2 is 1.49 bits per heavy atom. The lowest BCUT2D eigenvalue weighted by atomic mass is 9.76. The van der Waals surface area contributed by atoms with Gasteiger partial charge < -0.3 is 10.2 Å². The number of rotatable bonds is 10. The molecule has 4 aromatic carbocycles. The Labute approximate surface area is 252 Å². The summed E-state index contributed by atoms with van der Waals surface area (Å²) >= 11 is 0. The second-order valence-electron chi connectivity index (χ2n) is 11.4. The van der Waals surface area contributed by atoms with Crippen LogP contribution in [0.2, 0.25) is 0 Å². The molecular weight excluding hydrogens is 542 g/mol. The number of Topliss-reactive ketones (excluding diaryl/α,β-unsaturated/α-hetero) is 1. The molecule has 5 rings (SSSR count). The van der Waals surface area contributed by atoms with Gasteiger partial charge in [-0.2, -0.15) is 0 Å². The topological polar surface area (TPSA) is 49.4 Å². The van der Waals surface area contributed by atoms with Crippen LogP contribution < -0.4 is 10.2 Å². The second kappa shape index (κ2) is 13.3. The molecule has 222 valence electrons. The van der Waals surface area contributed by atoms with Gasteiger partial charge >= 0.3 is 0 Å². The van der Waals surface area contributed by atoms with E-state index in [0.717, 1.165) is 50.5 Å². The number of alkyl halides is 2. The molecule has 0 spiro atoms. The van der Waals surface area contributed by atoms with Crippen molar-refractivity contribution in [1.29, 1.82) is 0 Å². The molecule has 1 heterocycles. The molecule has 1 aliphatic heterocycles. The number of carbonyl (C=O) groups excluding carboxylic acids is 2. The van der Waals surface area contributed by atoms with Crippen LogP contribution in [-0.4, -0.2) is 24.8 Å². The first-order chi connectivity index (χ1) is 20.7. The fraction of sp³-hybridized carbons (Fsp3) is 0.297. The van der Waals surface area contributed by atoms with Gasteiger partial charge in [-0.25, -0.2) is 8.78 Å². The molecular formula is C37H38F2N2O2. The molecule has 43 heavy (non-hydrogen) atoms. The highest BCUT2D eigenvalue weighted by Gasteiger charge is 2.32. The van der Waals surface area contributed by atoms with Gasteiger partial charge in [-0.05, 0) is 72.2 Å². The monoisotopic (exact) mass is 580 g/mol. The van der Waals surface area contributed by atoms with Crippen molar-refractivity contribution in [2.24, 2.45) is 5.92 Å². The fourth-order valence-electron chi connectivity index (χ4n) is 6.10. The third kappa shape index (κ3) is 7.19. The van der Waals surface area contributed by atoms with Crippen LogP contribution in [0, 0.1) is 5.92 Å². The minimum absolute atomic E-state index is 0.0470. The van der Waals surface area contributed by atoms with E-state index in [1.165, 1.54) is 12.1 Å². The van der Waals surface area contributed by atoms with Gasteiger partial charge in [0.15, 0.2) is 0 Å². The molecule has 6 heteroatoms. The van der Waals surface area contributed by atoms with Crippen LogP contribution in [0.1, 0.15) is 66.9 Å². The molecule has 1 atom stereocenters. The van der Waals surface area contributed by atoms with E-state index in [1.807, 2.05) is 54.6 Å². The van der Waals surface area contributed by atoms with Crippen molar-refractivity contribution in [2.45, 2.75) is 51.4 Å². The summed E-state index contributed by atoms with van der Waals surface area (Å²) < 4.78 is 27.3. The van der Waals surface area contributed by atoms with Crippen LogP contribution in [-0.2, 0) is 10.7 Å². The van der Waals surface area contributed by atoms with Gasteiger partial charge in [-0.1, -0.05) is 79.7 Å². The quantitative estimate of drug-likeness (QED) is 0.204. The van der Waals surface area contributed by atoms with Crippen molar-refractivity contribution < 1.29 is 18.4 Å². The normalized spacial score (nSPS) is 14.7. The summed E-state index contributed by atoms with van der Waals surface area (Å²) in [5.74, 6) is -2.57. The number of halogens is 2. The molecule has 4 aromatic rings. The van der Waals surface area contributed by atoms with E-state index < -0.39 is 5.92 Å². The number of ketones is 1. The van der Waals surface area contributed by atoms with Crippen molar-refractivity contribution in [3.63, 3.8) is 0 Å². The zero-order valence-corrected chi connectivity index (χ0v) is 24.7. The van der Waals surface area contributed by atoms with Gasteiger partial charge in [0.05, 0.1) is 0 Å². The Morgan fingerprint density at radius 3 is 2.12 bits per heavy atom. The molecule has 0 aromatic heterocycles. The Morgan fingerprint density at radius 1 is 0.860 bits per heavy atom. The molecule has 0 aliphatic carbocycles. The zero-order valence-electron chi connectivity index (χ0n) is 24.7. The number of benzene rings is 4. The summed E-state index contributed by atoms with van der Waals surface area (Å²) in [6.45, 7) is 4.67. The first-order valence-corrected chi connectivity index (χ1v) is 15.1. The van der Waals surface area contributed by atoms with Gasteiger partial charge in [0.1, 0.15) is 5.78 Å². The summed E-state index contributed by atoms with van der Waals surface area (Å²) in [4.78, 5) is 28.7.